The van der Waals surface area contributed by atoms with Gasteiger partial charge >= 0.3 is 0 Å². The molecule has 0 unspecified atom stereocenters. The Hall–Kier alpha value is -3.36. The van der Waals surface area contributed by atoms with Crippen LogP contribution in [0.5, 0.6) is 11.5 Å². The first-order chi connectivity index (χ1) is 16.5. The van der Waals surface area contributed by atoms with E-state index in [0.717, 1.165) is 54.0 Å². The van der Waals surface area contributed by atoms with E-state index < -0.39 is 0 Å². The van der Waals surface area contributed by atoms with Gasteiger partial charge in [-0.3, -0.25) is 0 Å². The Morgan fingerprint density at radius 3 is 2.74 bits per heavy atom. The molecule has 3 heterocycles. The second-order valence-corrected chi connectivity index (χ2v) is 8.89. The molecule has 2 aromatic heterocycles. The highest BCUT2D eigenvalue weighted by Crippen LogP contribution is 2.35. The van der Waals surface area contributed by atoms with Crippen LogP contribution < -0.4 is 14.8 Å². The van der Waals surface area contributed by atoms with Gasteiger partial charge in [0.25, 0.3) is 0 Å². The Labute approximate surface area is 202 Å². The number of piperidine rings is 1. The molecule has 34 heavy (non-hydrogen) atoms. The van der Waals surface area contributed by atoms with Gasteiger partial charge in [-0.05, 0) is 57.1 Å². The van der Waals surface area contributed by atoms with Crippen molar-refractivity contribution in [3.63, 3.8) is 0 Å². The molecule has 1 saturated heterocycles. The first-order valence-corrected chi connectivity index (χ1v) is 11.6. The summed E-state index contributed by atoms with van der Waals surface area (Å²) in [5, 5.41) is 8.63. The monoisotopic (exact) mass is 479 g/mol. The number of ether oxygens (including phenoxy) is 2. The van der Waals surface area contributed by atoms with Gasteiger partial charge in [0.2, 0.25) is 0 Å². The highest BCUT2D eigenvalue weighted by atomic mass is 35.5. The summed E-state index contributed by atoms with van der Waals surface area (Å²) in [5.41, 5.74) is 2.31. The van der Waals surface area contributed by atoms with Gasteiger partial charge in [0.05, 0.1) is 15.9 Å². The van der Waals surface area contributed by atoms with E-state index in [1.54, 1.807) is 12.4 Å². The molecule has 0 atom stereocenters. The van der Waals surface area contributed by atoms with Gasteiger partial charge in [-0.25, -0.2) is 9.97 Å². The molecule has 1 aliphatic rings. The molecule has 0 saturated carbocycles. The molecule has 8 nitrogen and oxygen atoms in total. The maximum atomic E-state index is 6.49. The average Bonchev–Trinajstić information content (AvgIpc) is 3.25. The molecule has 2 aromatic carbocycles. The van der Waals surface area contributed by atoms with Crippen LogP contribution >= 0.6 is 11.6 Å². The van der Waals surface area contributed by atoms with Gasteiger partial charge in [-0.15, -0.1) is 0 Å². The Morgan fingerprint density at radius 2 is 1.97 bits per heavy atom. The van der Waals surface area contributed by atoms with Crippen molar-refractivity contribution in [2.75, 3.05) is 25.5 Å². The summed E-state index contributed by atoms with van der Waals surface area (Å²) >= 11 is 6.49. The van der Waals surface area contributed by atoms with E-state index in [9.17, 15) is 0 Å². The zero-order chi connectivity index (χ0) is 23.5. The largest absolute Gasteiger partial charge is 0.489 e. The average molecular weight is 480 g/mol. The van der Waals surface area contributed by atoms with Gasteiger partial charge in [-0.1, -0.05) is 22.8 Å². The van der Waals surface area contributed by atoms with Gasteiger partial charge in [-0.2, -0.15) is 0 Å². The molecule has 176 valence electrons. The Morgan fingerprint density at radius 1 is 1.12 bits per heavy atom. The number of aryl methyl sites for hydroxylation is 1. The summed E-state index contributed by atoms with van der Waals surface area (Å²) < 4.78 is 17.3. The highest BCUT2D eigenvalue weighted by molar-refractivity contribution is 6.32. The van der Waals surface area contributed by atoms with Crippen molar-refractivity contribution in [1.82, 2.24) is 20.0 Å². The van der Waals surface area contributed by atoms with Crippen LogP contribution in [-0.4, -0.2) is 46.3 Å². The lowest BCUT2D eigenvalue weighted by atomic mass is 10.1. The van der Waals surface area contributed by atoms with Crippen LogP contribution in [0.3, 0.4) is 0 Å². The van der Waals surface area contributed by atoms with Crippen molar-refractivity contribution >= 4 is 34.0 Å². The molecule has 4 aromatic rings. The summed E-state index contributed by atoms with van der Waals surface area (Å²) in [4.78, 5) is 11.3. The maximum absolute atomic E-state index is 6.49. The van der Waals surface area contributed by atoms with Crippen molar-refractivity contribution in [2.24, 2.45) is 0 Å². The Balaban J connectivity index is 1.35. The zero-order valence-corrected chi connectivity index (χ0v) is 19.9. The molecule has 1 aliphatic heterocycles. The van der Waals surface area contributed by atoms with Crippen LogP contribution in [0, 0.1) is 6.92 Å². The standard InChI is InChI=1S/C25H26ClN5O3/c1-16-12-18(30-34-16)14-32-22-7-6-17(13-20(22)26)29-25-24-21(27-15-28-25)4-3-5-23(24)33-19-8-10-31(2)11-9-19/h3-7,12-13,15,19H,8-11,14H2,1-2H3,(H,27,28,29). The lowest BCUT2D eigenvalue weighted by Crippen LogP contribution is -2.35. The SMILES string of the molecule is Cc1cc(COc2ccc(Nc3ncnc4cccc(OC5CCN(C)CC5)c34)cc2Cl)no1. The molecule has 1 fully saturated rings. The van der Waals surface area contributed by atoms with Crippen LogP contribution in [0.2, 0.25) is 5.02 Å². The van der Waals surface area contributed by atoms with Crippen molar-refractivity contribution < 1.29 is 14.0 Å². The number of rotatable bonds is 7. The topological polar surface area (TPSA) is 85.5 Å². The Bertz CT molecular complexity index is 1280. The fourth-order valence-corrected chi connectivity index (χ4v) is 4.26. The number of hydrogen-bond acceptors (Lipinski definition) is 8. The number of nitrogens with zero attached hydrogens (tertiary/aromatic N) is 4. The number of nitrogens with one attached hydrogen (secondary N) is 1. The molecule has 0 radical (unpaired) electrons. The van der Waals surface area contributed by atoms with E-state index in [1.807, 2.05) is 43.3 Å². The van der Waals surface area contributed by atoms with E-state index in [0.29, 0.717) is 22.3 Å². The summed E-state index contributed by atoms with van der Waals surface area (Å²) in [7, 11) is 2.14. The summed E-state index contributed by atoms with van der Waals surface area (Å²) in [6.07, 6.45) is 3.71. The lowest BCUT2D eigenvalue weighted by Gasteiger charge is -2.29. The van der Waals surface area contributed by atoms with E-state index in [4.69, 9.17) is 25.6 Å². The fraction of sp³-hybridized carbons (Fsp3) is 0.320. The van der Waals surface area contributed by atoms with Gasteiger partial charge in [0.15, 0.2) is 0 Å². The second-order valence-electron chi connectivity index (χ2n) is 8.48. The normalized spacial score (nSPS) is 14.9. The third kappa shape index (κ3) is 5.08. The smallest absolute Gasteiger partial charge is 0.145 e. The van der Waals surface area contributed by atoms with Gasteiger partial charge in [0.1, 0.15) is 47.8 Å². The number of aromatic nitrogens is 3. The van der Waals surface area contributed by atoms with Crippen LogP contribution in [0.15, 0.2) is 53.3 Å². The van der Waals surface area contributed by atoms with Gasteiger partial charge < -0.3 is 24.2 Å². The predicted octanol–water partition coefficient (Wildman–Crippen LogP) is 5.38. The fourth-order valence-electron chi connectivity index (χ4n) is 4.02. The molecule has 5 rings (SSSR count). The number of likely N-dealkylation sites (tertiary alicyclic amines) is 1. The number of benzene rings is 2. The quantitative estimate of drug-likeness (QED) is 0.378. The molecule has 0 amide bonds. The van der Waals surface area contributed by atoms with E-state index in [2.05, 4.69) is 32.4 Å². The van der Waals surface area contributed by atoms with E-state index in [-0.39, 0.29) is 12.7 Å². The van der Waals surface area contributed by atoms with Crippen LogP contribution in [0.4, 0.5) is 11.5 Å². The third-order valence-corrected chi connectivity index (χ3v) is 6.13. The van der Waals surface area contributed by atoms with Crippen molar-refractivity contribution in [3.05, 3.63) is 65.3 Å². The first-order valence-electron chi connectivity index (χ1n) is 11.3. The minimum atomic E-state index is 0.175. The summed E-state index contributed by atoms with van der Waals surface area (Å²) in [5.74, 6) is 2.74. The minimum absolute atomic E-state index is 0.175. The number of hydrogen-bond donors (Lipinski definition) is 1. The van der Waals surface area contributed by atoms with E-state index in [1.165, 1.54) is 0 Å². The maximum Gasteiger partial charge on any atom is 0.145 e. The summed E-state index contributed by atoms with van der Waals surface area (Å²) in [6.45, 7) is 4.17. The van der Waals surface area contributed by atoms with Crippen LogP contribution in [-0.2, 0) is 6.61 Å². The molecular weight excluding hydrogens is 454 g/mol. The van der Waals surface area contributed by atoms with Crippen molar-refractivity contribution in [2.45, 2.75) is 32.5 Å². The van der Waals surface area contributed by atoms with Crippen molar-refractivity contribution in [3.8, 4) is 11.5 Å². The Kier molecular flexibility index (Phi) is 6.51. The predicted molar refractivity (Wildman–Crippen MR) is 131 cm³/mol. The molecule has 9 heteroatoms. The first kappa shape index (κ1) is 22.4. The minimum Gasteiger partial charge on any atom is -0.489 e. The van der Waals surface area contributed by atoms with Crippen LogP contribution in [0.1, 0.15) is 24.3 Å². The molecule has 1 N–H and O–H groups in total. The molecule has 0 aliphatic carbocycles. The van der Waals surface area contributed by atoms with E-state index >= 15 is 0 Å². The number of anilines is 2. The number of fused-ring (bicyclic) bond motifs is 1. The highest BCUT2D eigenvalue weighted by Gasteiger charge is 2.20. The second kappa shape index (κ2) is 9.87. The third-order valence-electron chi connectivity index (χ3n) is 5.83. The summed E-state index contributed by atoms with van der Waals surface area (Å²) in [6, 6.07) is 13.2. The lowest BCUT2D eigenvalue weighted by molar-refractivity contribution is 0.116. The van der Waals surface area contributed by atoms with Crippen molar-refractivity contribution in [1.29, 1.82) is 0 Å². The molecule has 0 bridgehead atoms. The molecule has 0 spiro atoms. The van der Waals surface area contributed by atoms with Crippen LogP contribution in [0.25, 0.3) is 10.9 Å². The molecular formula is C25H26ClN5O3. The number of halogens is 1. The van der Waals surface area contributed by atoms with Gasteiger partial charge in [0, 0.05) is 24.8 Å². The zero-order valence-electron chi connectivity index (χ0n) is 19.1.